The molecule has 0 radical (unpaired) electrons. The number of aliphatic hydroxyl groups excluding tert-OH is 1. The van der Waals surface area contributed by atoms with Crippen LogP contribution in [-0.2, 0) is 9.53 Å². The number of amides is 1. The molecular formula is C30H39F3N2O3. The molecule has 4 aliphatic rings. The lowest BCUT2D eigenvalue weighted by molar-refractivity contribution is -0.256. The summed E-state index contributed by atoms with van der Waals surface area (Å²) in [6.07, 6.45) is 5.72. The minimum Gasteiger partial charge on any atom is -0.391 e. The third-order valence-electron chi connectivity index (χ3n) is 9.03. The number of aliphatic hydroxyl groups is 1. The van der Waals surface area contributed by atoms with Crippen LogP contribution in [0.2, 0.25) is 0 Å². The minimum atomic E-state index is -4.14. The van der Waals surface area contributed by atoms with Crippen molar-refractivity contribution in [3.63, 3.8) is 0 Å². The highest BCUT2D eigenvalue weighted by Crippen LogP contribution is 2.53. The third-order valence-corrected chi connectivity index (χ3v) is 9.03. The lowest BCUT2D eigenvalue weighted by Crippen LogP contribution is -2.54. The average molecular weight is 533 g/mol. The first-order chi connectivity index (χ1) is 18.2. The molecule has 0 bridgehead atoms. The van der Waals surface area contributed by atoms with Crippen LogP contribution in [-0.4, -0.2) is 78.0 Å². The van der Waals surface area contributed by atoms with Gasteiger partial charge in [-0.2, -0.15) is 13.2 Å². The van der Waals surface area contributed by atoms with Gasteiger partial charge >= 0.3 is 6.18 Å². The summed E-state index contributed by atoms with van der Waals surface area (Å²) in [7, 11) is 0. The Bertz CT molecular complexity index is 1030. The number of piperidine rings is 2. The van der Waals surface area contributed by atoms with Crippen molar-refractivity contribution in [2.45, 2.75) is 69.2 Å². The summed E-state index contributed by atoms with van der Waals surface area (Å²) in [5.41, 5.74) is -0.534. The Hall–Kier alpha value is -2.16. The fraction of sp³-hybridized carbons (Fsp3) is 0.633. The quantitative estimate of drug-likeness (QED) is 0.524. The van der Waals surface area contributed by atoms with Gasteiger partial charge in [-0.1, -0.05) is 48.9 Å². The molecule has 5 rings (SSSR count). The average Bonchev–Trinajstić information content (AvgIpc) is 2.90. The van der Waals surface area contributed by atoms with Gasteiger partial charge in [-0.3, -0.25) is 4.79 Å². The van der Waals surface area contributed by atoms with Gasteiger partial charge in [-0.15, -0.1) is 0 Å². The second kappa shape index (κ2) is 11.1. The summed E-state index contributed by atoms with van der Waals surface area (Å²) >= 11 is 0. The molecule has 1 aromatic carbocycles. The van der Waals surface area contributed by atoms with E-state index in [1.807, 2.05) is 53.5 Å². The van der Waals surface area contributed by atoms with E-state index >= 15 is 0 Å². The summed E-state index contributed by atoms with van der Waals surface area (Å²) in [6.45, 7) is 2.65. The van der Waals surface area contributed by atoms with Crippen molar-refractivity contribution < 1.29 is 27.8 Å². The third kappa shape index (κ3) is 5.73. The SMILES string of the molecule is O=C(N1CCCC(O)C1)[C@@]1(OCC2CCN(CC3(C(F)(F)F)CCC3)CC2)C=CC(c2ccccc2)=CC1. The van der Waals surface area contributed by atoms with Gasteiger partial charge in [-0.25, -0.2) is 0 Å². The number of hydrogen-bond donors (Lipinski definition) is 1. The number of β-amino-alcohol motifs (C(OH)–C–C–N with tert-alkyl or cyclic N) is 1. The second-order valence-electron chi connectivity index (χ2n) is 11.7. The molecule has 2 aliphatic carbocycles. The molecule has 0 aromatic heterocycles. The summed E-state index contributed by atoms with van der Waals surface area (Å²) in [5.74, 6) is 0.0735. The summed E-state index contributed by atoms with van der Waals surface area (Å²) in [5, 5.41) is 10.2. The van der Waals surface area contributed by atoms with Gasteiger partial charge in [0.1, 0.15) is 0 Å². The molecule has 1 unspecified atom stereocenters. The normalized spacial score (nSPS) is 28.6. The Morgan fingerprint density at radius 1 is 1.05 bits per heavy atom. The van der Waals surface area contributed by atoms with Crippen molar-refractivity contribution in [1.82, 2.24) is 9.80 Å². The number of alkyl halides is 3. The Balaban J connectivity index is 1.22. The maximum atomic E-state index is 13.8. The number of allylic oxidation sites excluding steroid dienone is 2. The highest BCUT2D eigenvalue weighted by molar-refractivity contribution is 5.90. The van der Waals surface area contributed by atoms with Crippen molar-refractivity contribution in [3.05, 3.63) is 54.1 Å². The van der Waals surface area contributed by atoms with Gasteiger partial charge < -0.3 is 19.6 Å². The first-order valence-corrected chi connectivity index (χ1v) is 14.1. The van der Waals surface area contributed by atoms with E-state index in [9.17, 15) is 23.1 Å². The van der Waals surface area contributed by atoms with Gasteiger partial charge in [-0.05, 0) is 74.7 Å². The topological polar surface area (TPSA) is 53.0 Å². The molecule has 8 heteroatoms. The lowest BCUT2D eigenvalue weighted by Gasteiger charge is -2.47. The van der Waals surface area contributed by atoms with Gasteiger partial charge in [0.2, 0.25) is 0 Å². The number of hydrogen-bond acceptors (Lipinski definition) is 4. The number of rotatable bonds is 7. The molecule has 0 spiro atoms. The Morgan fingerprint density at radius 3 is 2.37 bits per heavy atom. The molecule has 1 saturated carbocycles. The van der Waals surface area contributed by atoms with E-state index < -0.39 is 23.3 Å². The zero-order chi connectivity index (χ0) is 26.8. The number of halogens is 3. The monoisotopic (exact) mass is 532 g/mol. The number of nitrogens with zero attached hydrogens (tertiary/aromatic N) is 2. The fourth-order valence-electron chi connectivity index (χ4n) is 6.34. The predicted octanol–water partition coefficient (Wildman–Crippen LogP) is 5.21. The van der Waals surface area contributed by atoms with E-state index in [2.05, 4.69) is 0 Å². The van der Waals surface area contributed by atoms with Gasteiger partial charge in [0.05, 0.1) is 18.1 Å². The first-order valence-electron chi connectivity index (χ1n) is 14.1. The molecule has 1 amide bonds. The largest absolute Gasteiger partial charge is 0.395 e. The van der Waals surface area contributed by atoms with Crippen LogP contribution in [0.3, 0.4) is 0 Å². The number of carbonyl (C=O) groups excluding carboxylic acids is 1. The maximum Gasteiger partial charge on any atom is 0.395 e. The second-order valence-corrected chi connectivity index (χ2v) is 11.7. The number of likely N-dealkylation sites (tertiary alicyclic amines) is 2. The van der Waals surface area contributed by atoms with Crippen molar-refractivity contribution in [2.75, 3.05) is 39.3 Å². The van der Waals surface area contributed by atoms with Gasteiger partial charge in [0.25, 0.3) is 5.91 Å². The number of carbonyl (C=O) groups is 1. The summed E-state index contributed by atoms with van der Waals surface area (Å²) < 4.78 is 47.4. The van der Waals surface area contributed by atoms with Crippen LogP contribution in [0.1, 0.15) is 56.9 Å². The van der Waals surface area contributed by atoms with Crippen LogP contribution in [0.25, 0.3) is 5.57 Å². The van der Waals surface area contributed by atoms with E-state index in [0.717, 1.165) is 30.4 Å². The van der Waals surface area contributed by atoms with E-state index in [1.54, 1.807) is 4.90 Å². The van der Waals surface area contributed by atoms with Crippen molar-refractivity contribution in [1.29, 1.82) is 0 Å². The highest BCUT2D eigenvalue weighted by Gasteiger charge is 2.58. The van der Waals surface area contributed by atoms with Crippen LogP contribution in [0.4, 0.5) is 13.2 Å². The van der Waals surface area contributed by atoms with Crippen LogP contribution in [0, 0.1) is 11.3 Å². The van der Waals surface area contributed by atoms with Crippen LogP contribution in [0.5, 0.6) is 0 Å². The van der Waals surface area contributed by atoms with Crippen molar-refractivity contribution in [3.8, 4) is 0 Å². The molecule has 2 atom stereocenters. The fourth-order valence-corrected chi connectivity index (χ4v) is 6.34. The zero-order valence-electron chi connectivity index (χ0n) is 22.0. The van der Waals surface area contributed by atoms with E-state index in [0.29, 0.717) is 52.0 Å². The van der Waals surface area contributed by atoms with Gasteiger partial charge in [0.15, 0.2) is 5.60 Å². The van der Waals surface area contributed by atoms with Crippen molar-refractivity contribution in [2.24, 2.45) is 11.3 Å². The molecule has 3 fully saturated rings. The lowest BCUT2D eigenvalue weighted by atomic mass is 9.67. The molecule has 2 heterocycles. The van der Waals surface area contributed by atoms with Crippen LogP contribution < -0.4 is 0 Å². The maximum absolute atomic E-state index is 13.8. The van der Waals surface area contributed by atoms with Crippen LogP contribution in [0.15, 0.2) is 48.6 Å². The van der Waals surface area contributed by atoms with Crippen LogP contribution >= 0.6 is 0 Å². The zero-order valence-corrected chi connectivity index (χ0v) is 22.0. The van der Waals surface area contributed by atoms with E-state index in [1.165, 1.54) is 0 Å². The Labute approximate surface area is 223 Å². The minimum absolute atomic E-state index is 0.0968. The Kier molecular flexibility index (Phi) is 8.04. The number of benzene rings is 1. The molecule has 2 saturated heterocycles. The van der Waals surface area contributed by atoms with Gasteiger partial charge in [0, 0.05) is 26.1 Å². The molecule has 2 aliphatic heterocycles. The Morgan fingerprint density at radius 2 is 1.79 bits per heavy atom. The van der Waals surface area contributed by atoms with E-state index in [4.69, 9.17) is 4.74 Å². The summed E-state index contributed by atoms with van der Waals surface area (Å²) in [4.78, 5) is 17.5. The smallest absolute Gasteiger partial charge is 0.391 e. The highest BCUT2D eigenvalue weighted by atomic mass is 19.4. The number of ether oxygens (including phenoxy) is 1. The molecule has 1 aromatic rings. The molecule has 5 nitrogen and oxygen atoms in total. The van der Waals surface area contributed by atoms with Crippen molar-refractivity contribution >= 4 is 11.5 Å². The molecular weight excluding hydrogens is 493 g/mol. The molecule has 1 N–H and O–H groups in total. The predicted molar refractivity (Wildman–Crippen MR) is 140 cm³/mol. The molecule has 208 valence electrons. The first kappa shape index (κ1) is 27.4. The van der Waals surface area contributed by atoms with E-state index in [-0.39, 0.29) is 31.2 Å². The summed E-state index contributed by atoms with van der Waals surface area (Å²) in [6, 6.07) is 10.0. The molecule has 38 heavy (non-hydrogen) atoms. The standard InChI is InChI=1S/C30H39F3N2O3/c31-30(32,33)28(13-5-14-28)22-34-18-11-23(12-19-34)21-38-29(27(37)35-17-4-8-26(36)20-35)15-9-25(10-16-29)24-6-2-1-3-7-24/h1-3,6-7,9-10,15,23,26,36H,4-5,8,11-14,16-22H2/t26?,29-/m1/s1.